The molecular formula is C11H23O. The number of unbranched alkanes of at least 4 members (excludes halogenated alkanes) is 6. The Kier molecular flexibility index (Phi) is 10.9. The lowest BCUT2D eigenvalue weighted by atomic mass is 10.1. The summed E-state index contributed by atoms with van der Waals surface area (Å²) in [6, 6.07) is 0. The van der Waals surface area contributed by atoms with Gasteiger partial charge in [-0.2, -0.15) is 0 Å². The predicted octanol–water partition coefficient (Wildman–Crippen LogP) is 3.94. The number of hydrogen-bond acceptors (Lipinski definition) is 1. The maximum atomic E-state index is 5.14. The third kappa shape index (κ3) is 9.96. The van der Waals surface area contributed by atoms with Crippen molar-refractivity contribution in [2.24, 2.45) is 0 Å². The molecule has 0 aliphatic heterocycles. The van der Waals surface area contributed by atoms with E-state index < -0.39 is 0 Å². The standard InChI is InChI=1S/C11H23O/c1-3-5-6-7-8-9-10-11-12-4-2/h11H,3-10H2,1-2H3. The Balaban J connectivity index is 2.73. The predicted molar refractivity (Wildman–Crippen MR) is 53.9 cm³/mol. The lowest BCUT2D eigenvalue weighted by Gasteiger charge is -2.00. The fourth-order valence-corrected chi connectivity index (χ4v) is 1.21. The smallest absolute Gasteiger partial charge is 0.0836 e. The quantitative estimate of drug-likeness (QED) is 0.477. The summed E-state index contributed by atoms with van der Waals surface area (Å²) in [6.07, 6.45) is 9.33. The Hall–Kier alpha value is -0.0400. The molecule has 0 aliphatic carbocycles. The molecule has 0 spiro atoms. The van der Waals surface area contributed by atoms with Crippen LogP contribution < -0.4 is 0 Å². The summed E-state index contributed by atoms with van der Waals surface area (Å²) < 4.78 is 5.14. The molecule has 0 fully saturated rings. The highest BCUT2D eigenvalue weighted by Crippen LogP contribution is 2.07. The van der Waals surface area contributed by atoms with Gasteiger partial charge >= 0.3 is 0 Å². The molecule has 0 amide bonds. The second-order valence-electron chi connectivity index (χ2n) is 3.18. The summed E-state index contributed by atoms with van der Waals surface area (Å²) in [7, 11) is 0. The number of ether oxygens (including phenoxy) is 1. The first-order valence-electron chi connectivity index (χ1n) is 5.35. The Bertz CT molecular complexity index is 61.4. The molecule has 0 atom stereocenters. The first kappa shape index (κ1) is 12.0. The molecule has 0 aromatic carbocycles. The van der Waals surface area contributed by atoms with E-state index in [1.807, 2.05) is 13.5 Å². The van der Waals surface area contributed by atoms with Gasteiger partial charge in [0.2, 0.25) is 0 Å². The molecule has 0 aromatic heterocycles. The molecule has 0 aliphatic rings. The van der Waals surface area contributed by atoms with Crippen LogP contribution in [0.2, 0.25) is 0 Å². The Labute approximate surface area is 77.5 Å². The summed E-state index contributed by atoms with van der Waals surface area (Å²) >= 11 is 0. The van der Waals surface area contributed by atoms with Crippen LogP contribution in [0.5, 0.6) is 0 Å². The second-order valence-corrected chi connectivity index (χ2v) is 3.18. The normalized spacial score (nSPS) is 10.5. The minimum Gasteiger partial charge on any atom is -0.376 e. The van der Waals surface area contributed by atoms with Crippen molar-refractivity contribution in [2.45, 2.75) is 58.8 Å². The van der Waals surface area contributed by atoms with Gasteiger partial charge in [-0.3, -0.25) is 0 Å². The molecule has 0 heterocycles. The largest absolute Gasteiger partial charge is 0.376 e. The molecule has 1 nitrogen and oxygen atoms in total. The molecule has 0 aromatic rings. The van der Waals surface area contributed by atoms with Crippen molar-refractivity contribution in [3.8, 4) is 0 Å². The highest BCUT2D eigenvalue weighted by Gasteiger charge is 1.90. The average Bonchev–Trinajstić information content (AvgIpc) is 2.10. The van der Waals surface area contributed by atoms with Gasteiger partial charge in [-0.1, -0.05) is 45.4 Å². The van der Waals surface area contributed by atoms with Crippen molar-refractivity contribution in [1.82, 2.24) is 0 Å². The topological polar surface area (TPSA) is 9.23 Å². The van der Waals surface area contributed by atoms with Crippen molar-refractivity contribution >= 4 is 0 Å². The van der Waals surface area contributed by atoms with Gasteiger partial charge in [0.1, 0.15) is 0 Å². The van der Waals surface area contributed by atoms with E-state index >= 15 is 0 Å². The summed E-state index contributed by atoms with van der Waals surface area (Å²) in [5.74, 6) is 0. The zero-order valence-corrected chi connectivity index (χ0v) is 8.64. The number of rotatable bonds is 9. The third-order valence-corrected chi connectivity index (χ3v) is 1.96. The van der Waals surface area contributed by atoms with Gasteiger partial charge < -0.3 is 4.74 Å². The first-order chi connectivity index (χ1) is 5.91. The molecule has 0 N–H and O–H groups in total. The molecule has 1 heteroatoms. The van der Waals surface area contributed by atoms with Gasteiger partial charge in [0, 0.05) is 6.61 Å². The highest BCUT2D eigenvalue weighted by atomic mass is 16.5. The van der Waals surface area contributed by atoms with Crippen LogP contribution in [-0.4, -0.2) is 6.61 Å². The minimum absolute atomic E-state index is 0.815. The molecule has 12 heavy (non-hydrogen) atoms. The summed E-state index contributed by atoms with van der Waals surface area (Å²) in [6.45, 7) is 7.04. The maximum absolute atomic E-state index is 5.14. The number of hydrogen-bond donors (Lipinski definition) is 0. The van der Waals surface area contributed by atoms with Gasteiger partial charge in [0.25, 0.3) is 0 Å². The molecule has 0 unspecified atom stereocenters. The molecule has 73 valence electrons. The van der Waals surface area contributed by atoms with Crippen LogP contribution in [-0.2, 0) is 4.74 Å². The molecule has 0 saturated heterocycles. The van der Waals surface area contributed by atoms with Crippen molar-refractivity contribution in [3.05, 3.63) is 6.61 Å². The van der Waals surface area contributed by atoms with Crippen LogP contribution in [0.25, 0.3) is 0 Å². The van der Waals surface area contributed by atoms with E-state index in [0.29, 0.717) is 0 Å². The highest BCUT2D eigenvalue weighted by molar-refractivity contribution is 4.51. The lowest BCUT2D eigenvalue weighted by Crippen LogP contribution is -1.86. The fourth-order valence-electron chi connectivity index (χ4n) is 1.21. The van der Waals surface area contributed by atoms with Crippen LogP contribution in [0.1, 0.15) is 58.8 Å². The van der Waals surface area contributed by atoms with Crippen molar-refractivity contribution in [1.29, 1.82) is 0 Å². The van der Waals surface area contributed by atoms with Crippen LogP contribution in [0, 0.1) is 6.61 Å². The molecule has 0 saturated carbocycles. The Morgan fingerprint density at radius 2 is 1.58 bits per heavy atom. The van der Waals surface area contributed by atoms with E-state index in [2.05, 4.69) is 6.92 Å². The van der Waals surface area contributed by atoms with Crippen LogP contribution in [0.4, 0.5) is 0 Å². The summed E-state index contributed by atoms with van der Waals surface area (Å²) in [5.41, 5.74) is 0. The van der Waals surface area contributed by atoms with Gasteiger partial charge in [-0.25, -0.2) is 0 Å². The van der Waals surface area contributed by atoms with Crippen LogP contribution in [0.15, 0.2) is 0 Å². The SMILES string of the molecule is CCCCCCCC[CH]OCC. The molecule has 0 bridgehead atoms. The summed E-state index contributed by atoms with van der Waals surface area (Å²) in [5, 5.41) is 0. The third-order valence-electron chi connectivity index (χ3n) is 1.96. The minimum atomic E-state index is 0.815. The van der Waals surface area contributed by atoms with E-state index in [-0.39, 0.29) is 0 Å². The van der Waals surface area contributed by atoms with E-state index in [1.54, 1.807) is 0 Å². The molecule has 1 radical (unpaired) electrons. The van der Waals surface area contributed by atoms with E-state index in [0.717, 1.165) is 13.0 Å². The van der Waals surface area contributed by atoms with Gasteiger partial charge in [0.05, 0.1) is 6.61 Å². The molecular weight excluding hydrogens is 148 g/mol. The van der Waals surface area contributed by atoms with Gasteiger partial charge in [-0.15, -0.1) is 0 Å². The fraction of sp³-hybridized carbons (Fsp3) is 0.909. The Morgan fingerprint density at radius 1 is 0.917 bits per heavy atom. The van der Waals surface area contributed by atoms with Crippen LogP contribution in [0.3, 0.4) is 0 Å². The Morgan fingerprint density at radius 3 is 2.25 bits per heavy atom. The van der Waals surface area contributed by atoms with E-state index in [4.69, 9.17) is 4.74 Å². The maximum Gasteiger partial charge on any atom is 0.0836 e. The zero-order valence-electron chi connectivity index (χ0n) is 8.64. The first-order valence-corrected chi connectivity index (χ1v) is 5.35. The average molecular weight is 171 g/mol. The van der Waals surface area contributed by atoms with Gasteiger partial charge in [0.15, 0.2) is 0 Å². The van der Waals surface area contributed by atoms with Crippen LogP contribution >= 0.6 is 0 Å². The van der Waals surface area contributed by atoms with Crippen molar-refractivity contribution < 1.29 is 4.74 Å². The lowest BCUT2D eigenvalue weighted by molar-refractivity contribution is 0.205. The molecule has 0 rings (SSSR count). The monoisotopic (exact) mass is 171 g/mol. The van der Waals surface area contributed by atoms with Crippen molar-refractivity contribution in [3.63, 3.8) is 0 Å². The zero-order chi connectivity index (χ0) is 9.07. The summed E-state index contributed by atoms with van der Waals surface area (Å²) in [4.78, 5) is 0. The second kappa shape index (κ2) is 11.0. The van der Waals surface area contributed by atoms with E-state index in [1.165, 1.54) is 38.5 Å². The van der Waals surface area contributed by atoms with Crippen molar-refractivity contribution in [2.75, 3.05) is 6.61 Å². The van der Waals surface area contributed by atoms with E-state index in [9.17, 15) is 0 Å². The van der Waals surface area contributed by atoms with Gasteiger partial charge in [-0.05, 0) is 13.3 Å².